The molecule has 0 bridgehead atoms. The fraction of sp³-hybridized carbons (Fsp3) is 0.333. The molecule has 140 valence electrons. The van der Waals surface area contributed by atoms with Gasteiger partial charge in [-0.1, -0.05) is 13.0 Å². The largest absolute Gasteiger partial charge is 0.493 e. The van der Waals surface area contributed by atoms with Crippen LogP contribution in [-0.2, 0) is 17.7 Å². The van der Waals surface area contributed by atoms with Gasteiger partial charge < -0.3 is 24.8 Å². The van der Waals surface area contributed by atoms with Crippen LogP contribution in [0.3, 0.4) is 0 Å². The summed E-state index contributed by atoms with van der Waals surface area (Å²) in [5.41, 5.74) is 1.48. The molecule has 0 saturated carbocycles. The van der Waals surface area contributed by atoms with E-state index in [0.29, 0.717) is 33.7 Å². The molecule has 1 aromatic heterocycles. The lowest BCUT2D eigenvalue weighted by Gasteiger charge is -2.12. The number of anilines is 1. The van der Waals surface area contributed by atoms with Gasteiger partial charge in [0.2, 0.25) is 0 Å². The van der Waals surface area contributed by atoms with Gasteiger partial charge in [-0.3, -0.25) is 0 Å². The van der Waals surface area contributed by atoms with Gasteiger partial charge in [0.1, 0.15) is 5.00 Å². The third-order valence-electron chi connectivity index (χ3n) is 3.66. The highest BCUT2D eigenvalue weighted by Gasteiger charge is 2.17. The minimum Gasteiger partial charge on any atom is -0.493 e. The molecule has 0 atom stereocenters. The molecular weight excluding hydrogens is 372 g/mol. The average molecular weight is 395 g/mol. The van der Waals surface area contributed by atoms with E-state index in [9.17, 15) is 4.79 Å². The smallest absolute Gasteiger partial charge is 0.340 e. The predicted octanol–water partition coefficient (Wildman–Crippen LogP) is 3.60. The summed E-state index contributed by atoms with van der Waals surface area (Å²) in [4.78, 5) is 13.0. The summed E-state index contributed by atoms with van der Waals surface area (Å²) in [7, 11) is 4.56. The first-order chi connectivity index (χ1) is 12.5. The molecule has 8 heteroatoms. The molecule has 0 aliphatic carbocycles. The van der Waals surface area contributed by atoms with Crippen molar-refractivity contribution in [2.45, 2.75) is 19.9 Å². The van der Waals surface area contributed by atoms with E-state index in [-0.39, 0.29) is 5.97 Å². The zero-order chi connectivity index (χ0) is 19.1. The summed E-state index contributed by atoms with van der Waals surface area (Å²) in [6.45, 7) is 2.54. The summed E-state index contributed by atoms with van der Waals surface area (Å²) >= 11 is 6.84. The normalized spacial score (nSPS) is 10.2. The number of methoxy groups -OCH3 is 3. The lowest BCUT2D eigenvalue weighted by molar-refractivity contribution is 0.0602. The first-order valence-electron chi connectivity index (χ1n) is 7.99. The molecule has 0 spiro atoms. The molecule has 0 radical (unpaired) electrons. The van der Waals surface area contributed by atoms with Crippen LogP contribution >= 0.6 is 23.6 Å². The number of ether oxygens (including phenoxy) is 3. The number of thiophene rings is 1. The summed E-state index contributed by atoms with van der Waals surface area (Å²) in [6, 6.07) is 7.48. The third-order valence-corrected chi connectivity index (χ3v) is 5.11. The molecule has 0 aliphatic rings. The molecule has 0 aliphatic heterocycles. The van der Waals surface area contributed by atoms with E-state index >= 15 is 0 Å². The van der Waals surface area contributed by atoms with E-state index in [0.717, 1.165) is 16.9 Å². The van der Waals surface area contributed by atoms with Crippen molar-refractivity contribution < 1.29 is 19.0 Å². The van der Waals surface area contributed by atoms with Gasteiger partial charge in [-0.05, 0) is 42.4 Å². The molecule has 0 amide bonds. The van der Waals surface area contributed by atoms with E-state index in [2.05, 4.69) is 10.6 Å². The maximum Gasteiger partial charge on any atom is 0.340 e. The number of benzene rings is 1. The van der Waals surface area contributed by atoms with Crippen molar-refractivity contribution in [2.75, 3.05) is 26.6 Å². The molecule has 6 nitrogen and oxygen atoms in total. The second kappa shape index (κ2) is 9.40. The topological polar surface area (TPSA) is 68.8 Å². The van der Waals surface area contributed by atoms with E-state index in [1.54, 1.807) is 14.2 Å². The fourth-order valence-corrected chi connectivity index (χ4v) is 3.52. The summed E-state index contributed by atoms with van der Waals surface area (Å²) in [5.74, 6) is 0.945. The van der Waals surface area contributed by atoms with Crippen LogP contribution in [0, 0.1) is 0 Å². The first kappa shape index (κ1) is 20.0. The highest BCUT2D eigenvalue weighted by atomic mass is 32.1. The second-order valence-electron chi connectivity index (χ2n) is 5.30. The fourth-order valence-electron chi connectivity index (χ4n) is 2.29. The minimum atomic E-state index is -0.383. The number of carbonyl (C=O) groups excluding carboxylic acids is 1. The zero-order valence-corrected chi connectivity index (χ0v) is 16.8. The van der Waals surface area contributed by atoms with Crippen molar-refractivity contribution >= 4 is 39.6 Å². The van der Waals surface area contributed by atoms with Crippen molar-refractivity contribution in [1.29, 1.82) is 0 Å². The number of hydrogen-bond acceptors (Lipinski definition) is 6. The standard InChI is InChI=1S/C18H22N2O4S2/c1-5-12-9-13(17(21)24-4)16(26-12)20-18(25)19-10-11-6-7-14(22-2)15(8-11)23-3/h6-9H,5,10H2,1-4H3,(H2,19,20,25). The molecule has 1 aromatic carbocycles. The van der Waals surface area contributed by atoms with Gasteiger partial charge in [0.15, 0.2) is 16.6 Å². The van der Waals surface area contributed by atoms with Crippen LogP contribution < -0.4 is 20.1 Å². The van der Waals surface area contributed by atoms with Crippen molar-refractivity contribution in [3.05, 3.63) is 40.3 Å². The van der Waals surface area contributed by atoms with Gasteiger partial charge in [0.05, 0.1) is 26.9 Å². The summed E-state index contributed by atoms with van der Waals surface area (Å²) < 4.78 is 15.4. The highest BCUT2D eigenvalue weighted by molar-refractivity contribution is 7.80. The third kappa shape index (κ3) is 4.86. The van der Waals surface area contributed by atoms with E-state index < -0.39 is 0 Å². The van der Waals surface area contributed by atoms with Crippen LogP contribution in [0.2, 0.25) is 0 Å². The van der Waals surface area contributed by atoms with Gasteiger partial charge in [0, 0.05) is 11.4 Å². The molecule has 0 saturated heterocycles. The maximum atomic E-state index is 11.9. The average Bonchev–Trinajstić information content (AvgIpc) is 3.08. The van der Waals surface area contributed by atoms with Crippen molar-refractivity contribution in [2.24, 2.45) is 0 Å². The SMILES string of the molecule is CCc1cc(C(=O)OC)c(NC(=S)NCc2ccc(OC)c(OC)c2)s1. The van der Waals surface area contributed by atoms with Gasteiger partial charge in [-0.2, -0.15) is 0 Å². The Labute approximate surface area is 162 Å². The van der Waals surface area contributed by atoms with E-state index in [4.69, 9.17) is 26.4 Å². The van der Waals surface area contributed by atoms with Crippen molar-refractivity contribution in [3.63, 3.8) is 0 Å². The number of rotatable bonds is 7. The summed E-state index contributed by atoms with van der Waals surface area (Å²) in [5, 5.41) is 7.31. The van der Waals surface area contributed by atoms with Gasteiger partial charge in [0.25, 0.3) is 0 Å². The Kier molecular flexibility index (Phi) is 7.23. The number of hydrogen-bond donors (Lipinski definition) is 2. The molecule has 2 rings (SSSR count). The van der Waals surface area contributed by atoms with Crippen LogP contribution in [0.4, 0.5) is 5.00 Å². The quantitative estimate of drug-likeness (QED) is 0.549. The molecule has 26 heavy (non-hydrogen) atoms. The van der Waals surface area contributed by atoms with E-state index in [1.807, 2.05) is 31.2 Å². The van der Waals surface area contributed by atoms with Crippen molar-refractivity contribution in [1.82, 2.24) is 5.32 Å². The lowest BCUT2D eigenvalue weighted by Crippen LogP contribution is -2.28. The van der Waals surface area contributed by atoms with Gasteiger partial charge in [-0.15, -0.1) is 11.3 Å². The van der Waals surface area contributed by atoms with Gasteiger partial charge >= 0.3 is 5.97 Å². The first-order valence-corrected chi connectivity index (χ1v) is 9.21. The Balaban J connectivity index is 2.03. The number of esters is 1. The van der Waals surface area contributed by atoms with Crippen molar-refractivity contribution in [3.8, 4) is 11.5 Å². The molecule has 0 unspecified atom stereocenters. The number of aryl methyl sites for hydroxylation is 1. The maximum absolute atomic E-state index is 11.9. The molecule has 1 heterocycles. The molecule has 0 fully saturated rings. The Morgan fingerprint density at radius 1 is 1.15 bits per heavy atom. The number of nitrogens with one attached hydrogen (secondary N) is 2. The summed E-state index contributed by atoms with van der Waals surface area (Å²) in [6.07, 6.45) is 0.835. The predicted molar refractivity (Wildman–Crippen MR) is 108 cm³/mol. The highest BCUT2D eigenvalue weighted by Crippen LogP contribution is 2.29. The number of carbonyl (C=O) groups is 1. The van der Waals surface area contributed by atoms with E-state index in [1.165, 1.54) is 18.4 Å². The van der Waals surface area contributed by atoms with Crippen LogP contribution in [0.1, 0.15) is 27.7 Å². The Morgan fingerprint density at radius 3 is 2.50 bits per heavy atom. The molecule has 2 aromatic rings. The number of thiocarbonyl (C=S) groups is 1. The van der Waals surface area contributed by atoms with Crippen LogP contribution in [0.15, 0.2) is 24.3 Å². The Bertz CT molecular complexity index is 789. The van der Waals surface area contributed by atoms with Gasteiger partial charge in [-0.25, -0.2) is 4.79 Å². The zero-order valence-electron chi connectivity index (χ0n) is 15.2. The van der Waals surface area contributed by atoms with Crippen LogP contribution in [-0.4, -0.2) is 32.4 Å². The Hall–Kier alpha value is -2.32. The second-order valence-corrected chi connectivity index (χ2v) is 6.84. The van der Waals surface area contributed by atoms with Crippen LogP contribution in [0.5, 0.6) is 11.5 Å². The minimum absolute atomic E-state index is 0.383. The molecular formula is C18H22N2O4S2. The Morgan fingerprint density at radius 2 is 1.88 bits per heavy atom. The lowest BCUT2D eigenvalue weighted by atomic mass is 10.2. The molecule has 2 N–H and O–H groups in total. The monoisotopic (exact) mass is 394 g/mol. The van der Waals surface area contributed by atoms with Crippen LogP contribution in [0.25, 0.3) is 0 Å².